The molecule has 0 unspecified atom stereocenters. The molecule has 25 heavy (non-hydrogen) atoms. The molecule has 0 aromatic carbocycles. The normalized spacial score (nSPS) is 24.3. The van der Waals surface area contributed by atoms with E-state index in [4.69, 9.17) is 4.74 Å². The summed E-state index contributed by atoms with van der Waals surface area (Å²) in [5.74, 6) is -0.540. The molecule has 0 radical (unpaired) electrons. The highest BCUT2D eigenvalue weighted by molar-refractivity contribution is 5.80. The van der Waals surface area contributed by atoms with E-state index in [9.17, 15) is 22.8 Å². The summed E-state index contributed by atoms with van der Waals surface area (Å²) >= 11 is 0. The molecule has 1 heterocycles. The highest BCUT2D eigenvalue weighted by Gasteiger charge is 2.63. The minimum atomic E-state index is -4.25. The summed E-state index contributed by atoms with van der Waals surface area (Å²) in [6, 6.07) is 0. The third-order valence-corrected chi connectivity index (χ3v) is 5.49. The van der Waals surface area contributed by atoms with E-state index in [2.05, 4.69) is 5.32 Å². The lowest BCUT2D eigenvalue weighted by atomic mass is 9.57. The number of hydrogen-bond acceptors (Lipinski definition) is 3. The van der Waals surface area contributed by atoms with Gasteiger partial charge in [-0.2, -0.15) is 13.2 Å². The standard InChI is InChI=1S/C17H25F3N2O3/c1-14(2,3)25-13(24)22-9-15(10-22)6-11(7-15)12(23)21-8-16(4-5-16)17(18,19)20/h11H,4-10H2,1-3H3,(H,21,23). The molecule has 0 bridgehead atoms. The van der Waals surface area contributed by atoms with Gasteiger partial charge in [-0.15, -0.1) is 0 Å². The third-order valence-electron chi connectivity index (χ3n) is 5.49. The number of carbonyl (C=O) groups excluding carboxylic acids is 2. The van der Waals surface area contributed by atoms with Crippen molar-refractivity contribution in [1.29, 1.82) is 0 Å². The Hall–Kier alpha value is -1.47. The number of rotatable bonds is 3. The predicted octanol–water partition coefficient (Wildman–Crippen LogP) is 3.09. The van der Waals surface area contributed by atoms with Crippen LogP contribution in [0.5, 0.6) is 0 Å². The molecule has 1 aliphatic heterocycles. The summed E-state index contributed by atoms with van der Waals surface area (Å²) in [5.41, 5.74) is -2.30. The first-order chi connectivity index (χ1) is 11.3. The van der Waals surface area contributed by atoms with Crippen LogP contribution in [0.3, 0.4) is 0 Å². The van der Waals surface area contributed by atoms with Crippen molar-refractivity contribution in [2.24, 2.45) is 16.7 Å². The van der Waals surface area contributed by atoms with Crippen molar-refractivity contribution in [3.8, 4) is 0 Å². The number of halogens is 3. The van der Waals surface area contributed by atoms with Crippen LogP contribution in [0.15, 0.2) is 0 Å². The number of ether oxygens (including phenoxy) is 1. The molecular weight excluding hydrogens is 337 g/mol. The van der Waals surface area contributed by atoms with Crippen LogP contribution in [0.1, 0.15) is 46.5 Å². The average molecular weight is 362 g/mol. The molecule has 0 aromatic heterocycles. The summed E-state index contributed by atoms with van der Waals surface area (Å²) in [4.78, 5) is 25.6. The lowest BCUT2D eigenvalue weighted by molar-refractivity contribution is -0.186. The van der Waals surface area contributed by atoms with E-state index < -0.39 is 17.2 Å². The Bertz CT molecular complexity index is 565. The van der Waals surface area contributed by atoms with Crippen LogP contribution in [0.25, 0.3) is 0 Å². The molecule has 5 nitrogen and oxygen atoms in total. The minimum Gasteiger partial charge on any atom is -0.444 e. The SMILES string of the molecule is CC(C)(C)OC(=O)N1CC2(CC(C(=O)NCC3(C(F)(F)F)CC3)C2)C1. The van der Waals surface area contributed by atoms with Gasteiger partial charge in [-0.1, -0.05) is 0 Å². The van der Waals surface area contributed by atoms with Gasteiger partial charge < -0.3 is 15.0 Å². The number of alkyl halides is 3. The average Bonchev–Trinajstić information content (AvgIpc) is 3.10. The topological polar surface area (TPSA) is 58.6 Å². The van der Waals surface area contributed by atoms with E-state index in [0.29, 0.717) is 25.9 Å². The fourth-order valence-corrected chi connectivity index (χ4v) is 3.76. The Kier molecular flexibility index (Phi) is 4.04. The molecular formula is C17H25F3N2O3. The zero-order valence-corrected chi connectivity index (χ0v) is 14.8. The molecule has 8 heteroatoms. The summed E-state index contributed by atoms with van der Waals surface area (Å²) in [6.07, 6.45) is -3.17. The predicted molar refractivity (Wildman–Crippen MR) is 83.7 cm³/mol. The number of hydrogen-bond donors (Lipinski definition) is 1. The van der Waals surface area contributed by atoms with Gasteiger partial charge in [0.25, 0.3) is 0 Å². The Morgan fingerprint density at radius 3 is 2.16 bits per heavy atom. The maximum absolute atomic E-state index is 12.9. The summed E-state index contributed by atoms with van der Waals surface area (Å²) in [5, 5.41) is 2.48. The van der Waals surface area contributed by atoms with Gasteiger partial charge in [-0.3, -0.25) is 4.79 Å². The van der Waals surface area contributed by atoms with Crippen LogP contribution in [-0.2, 0) is 9.53 Å². The fourth-order valence-electron chi connectivity index (χ4n) is 3.76. The third kappa shape index (κ3) is 3.58. The molecule has 2 aliphatic carbocycles. The van der Waals surface area contributed by atoms with Crippen molar-refractivity contribution in [2.45, 2.75) is 58.2 Å². The lowest BCUT2D eigenvalue weighted by Gasteiger charge is -2.58. The number of amides is 2. The molecule has 142 valence electrons. The first kappa shape index (κ1) is 18.3. The Morgan fingerprint density at radius 2 is 1.72 bits per heavy atom. The van der Waals surface area contributed by atoms with Crippen LogP contribution in [0.4, 0.5) is 18.0 Å². The van der Waals surface area contributed by atoms with Crippen molar-refractivity contribution in [1.82, 2.24) is 10.2 Å². The van der Waals surface area contributed by atoms with Gasteiger partial charge in [-0.25, -0.2) is 4.79 Å². The molecule has 3 aliphatic rings. The van der Waals surface area contributed by atoms with Crippen molar-refractivity contribution in [3.05, 3.63) is 0 Å². The zero-order valence-electron chi connectivity index (χ0n) is 14.8. The van der Waals surface area contributed by atoms with Gasteiger partial charge in [0.2, 0.25) is 5.91 Å². The highest BCUT2D eigenvalue weighted by Crippen LogP contribution is 2.57. The van der Waals surface area contributed by atoms with Crippen LogP contribution >= 0.6 is 0 Å². The lowest BCUT2D eigenvalue weighted by Crippen LogP contribution is -2.65. The summed E-state index contributed by atoms with van der Waals surface area (Å²) < 4.78 is 43.9. The molecule has 1 saturated heterocycles. The van der Waals surface area contributed by atoms with E-state index in [1.807, 2.05) is 0 Å². The van der Waals surface area contributed by atoms with E-state index in [0.717, 1.165) is 0 Å². The quantitative estimate of drug-likeness (QED) is 0.839. The van der Waals surface area contributed by atoms with Gasteiger partial charge in [0.15, 0.2) is 0 Å². The van der Waals surface area contributed by atoms with E-state index in [-0.39, 0.29) is 42.7 Å². The molecule has 0 atom stereocenters. The first-order valence-corrected chi connectivity index (χ1v) is 8.67. The van der Waals surface area contributed by atoms with E-state index in [1.165, 1.54) is 0 Å². The second-order valence-corrected chi connectivity index (χ2v) is 8.94. The van der Waals surface area contributed by atoms with E-state index >= 15 is 0 Å². The Labute approximate surface area is 145 Å². The number of likely N-dealkylation sites (tertiary alicyclic amines) is 1. The molecule has 3 fully saturated rings. The number of nitrogens with one attached hydrogen (secondary N) is 1. The van der Waals surface area contributed by atoms with Crippen molar-refractivity contribution < 1.29 is 27.5 Å². The van der Waals surface area contributed by atoms with Crippen molar-refractivity contribution >= 4 is 12.0 Å². The molecule has 1 N–H and O–H groups in total. The molecule has 0 aromatic rings. The summed E-state index contributed by atoms with van der Waals surface area (Å²) in [7, 11) is 0. The minimum absolute atomic E-state index is 0.0554. The van der Waals surface area contributed by atoms with Gasteiger partial charge in [0, 0.05) is 31.0 Å². The van der Waals surface area contributed by atoms with Crippen molar-refractivity contribution in [2.75, 3.05) is 19.6 Å². The molecule has 2 saturated carbocycles. The maximum atomic E-state index is 12.9. The zero-order chi connectivity index (χ0) is 18.7. The molecule has 3 rings (SSSR count). The maximum Gasteiger partial charge on any atom is 0.410 e. The van der Waals surface area contributed by atoms with Crippen LogP contribution in [-0.4, -0.2) is 48.3 Å². The Balaban J connectivity index is 1.39. The molecule has 1 spiro atoms. The Morgan fingerprint density at radius 1 is 1.16 bits per heavy atom. The number of carbonyl (C=O) groups is 2. The second-order valence-electron chi connectivity index (χ2n) is 8.94. The van der Waals surface area contributed by atoms with Gasteiger partial charge >= 0.3 is 12.3 Å². The van der Waals surface area contributed by atoms with Gasteiger partial charge in [0.1, 0.15) is 5.60 Å². The van der Waals surface area contributed by atoms with Crippen LogP contribution in [0, 0.1) is 16.7 Å². The number of nitrogens with zero attached hydrogens (tertiary/aromatic N) is 1. The largest absolute Gasteiger partial charge is 0.444 e. The van der Waals surface area contributed by atoms with Crippen LogP contribution < -0.4 is 5.32 Å². The highest BCUT2D eigenvalue weighted by atomic mass is 19.4. The monoisotopic (exact) mass is 362 g/mol. The second kappa shape index (κ2) is 5.51. The van der Waals surface area contributed by atoms with Gasteiger partial charge in [-0.05, 0) is 46.5 Å². The van der Waals surface area contributed by atoms with E-state index in [1.54, 1.807) is 25.7 Å². The summed E-state index contributed by atoms with van der Waals surface area (Å²) in [6.45, 7) is 6.20. The van der Waals surface area contributed by atoms with Crippen molar-refractivity contribution in [3.63, 3.8) is 0 Å². The van der Waals surface area contributed by atoms with Crippen LogP contribution in [0.2, 0.25) is 0 Å². The first-order valence-electron chi connectivity index (χ1n) is 8.67. The smallest absolute Gasteiger partial charge is 0.410 e. The van der Waals surface area contributed by atoms with Gasteiger partial charge in [0.05, 0.1) is 5.41 Å². The molecule has 2 amide bonds. The fraction of sp³-hybridized carbons (Fsp3) is 0.882.